The number of hydrogen-bond donors (Lipinski definition) is 3. The number of aromatic hydroxyl groups is 2. The molecule has 0 spiro atoms. The zero-order chi connectivity index (χ0) is 13.5. The molecule has 18 heavy (non-hydrogen) atoms. The lowest BCUT2D eigenvalue weighted by molar-refractivity contribution is 0.0954. The number of hydrogen-bond acceptors (Lipinski definition) is 4. The highest BCUT2D eigenvalue weighted by Crippen LogP contribution is 2.20. The van der Waals surface area contributed by atoms with Crippen LogP contribution in [0.15, 0.2) is 36.0 Å². The highest BCUT2D eigenvalue weighted by atomic mass is 16.3. The molecule has 0 radical (unpaired) electrons. The average molecular weight is 248 g/mol. The molecule has 0 saturated heterocycles. The maximum absolute atomic E-state index is 11.7. The van der Waals surface area contributed by atoms with Gasteiger partial charge in [0.15, 0.2) is 0 Å². The van der Waals surface area contributed by atoms with Crippen molar-refractivity contribution in [2.45, 2.75) is 19.8 Å². The zero-order valence-corrected chi connectivity index (χ0v) is 10.2. The molecule has 0 unspecified atom stereocenters. The van der Waals surface area contributed by atoms with E-state index < -0.39 is 5.91 Å². The van der Waals surface area contributed by atoms with E-state index in [2.05, 4.69) is 17.1 Å². The van der Waals surface area contributed by atoms with E-state index in [1.807, 2.05) is 0 Å². The maximum Gasteiger partial charge on any atom is 0.271 e. The molecule has 0 aromatic heterocycles. The highest BCUT2D eigenvalue weighted by Gasteiger charge is 2.07. The van der Waals surface area contributed by atoms with Gasteiger partial charge in [-0.1, -0.05) is 6.08 Å². The second-order valence-corrected chi connectivity index (χ2v) is 3.85. The van der Waals surface area contributed by atoms with E-state index >= 15 is 0 Å². The predicted octanol–water partition coefficient (Wildman–Crippen LogP) is 2.17. The first-order chi connectivity index (χ1) is 8.52. The summed E-state index contributed by atoms with van der Waals surface area (Å²) in [6.07, 6.45) is 3.28. The van der Waals surface area contributed by atoms with Crippen LogP contribution in [0.3, 0.4) is 0 Å². The monoisotopic (exact) mass is 248 g/mol. The molecule has 1 amide bonds. The van der Waals surface area contributed by atoms with E-state index in [0.717, 1.165) is 24.6 Å². The Bertz CT molecular complexity index is 461. The van der Waals surface area contributed by atoms with Gasteiger partial charge in [0.1, 0.15) is 11.5 Å². The van der Waals surface area contributed by atoms with Gasteiger partial charge in [-0.05, 0) is 31.9 Å². The van der Waals surface area contributed by atoms with Crippen molar-refractivity contribution in [1.82, 2.24) is 5.43 Å². The molecule has 0 saturated carbocycles. The first-order valence-corrected chi connectivity index (χ1v) is 5.50. The topological polar surface area (TPSA) is 81.9 Å². The predicted molar refractivity (Wildman–Crippen MR) is 69.8 cm³/mol. The molecule has 0 aliphatic heterocycles. The number of nitrogens with zero attached hydrogens (tertiary/aromatic N) is 1. The van der Waals surface area contributed by atoms with Crippen LogP contribution in [0.1, 0.15) is 30.1 Å². The fourth-order valence-electron chi connectivity index (χ4n) is 1.30. The van der Waals surface area contributed by atoms with Crippen LogP contribution in [0, 0.1) is 0 Å². The number of phenols is 2. The number of allylic oxidation sites excluding steroid dienone is 1. The van der Waals surface area contributed by atoms with Gasteiger partial charge in [-0.2, -0.15) is 5.10 Å². The van der Waals surface area contributed by atoms with Crippen LogP contribution < -0.4 is 5.43 Å². The molecule has 0 bridgehead atoms. The van der Waals surface area contributed by atoms with Crippen LogP contribution >= 0.6 is 0 Å². The Labute approximate surface area is 105 Å². The summed E-state index contributed by atoms with van der Waals surface area (Å²) in [5, 5.41) is 22.4. The fourth-order valence-corrected chi connectivity index (χ4v) is 1.30. The number of hydrazone groups is 1. The van der Waals surface area contributed by atoms with Crippen LogP contribution in [0.25, 0.3) is 0 Å². The van der Waals surface area contributed by atoms with Crippen LogP contribution in [-0.4, -0.2) is 21.8 Å². The average Bonchev–Trinajstić information content (AvgIpc) is 2.32. The molecule has 1 rings (SSSR count). The van der Waals surface area contributed by atoms with E-state index in [4.69, 9.17) is 0 Å². The molecule has 0 heterocycles. The lowest BCUT2D eigenvalue weighted by Gasteiger charge is -2.03. The van der Waals surface area contributed by atoms with Gasteiger partial charge in [-0.25, -0.2) is 5.43 Å². The van der Waals surface area contributed by atoms with Crippen LogP contribution in [0.2, 0.25) is 0 Å². The van der Waals surface area contributed by atoms with Crippen molar-refractivity contribution in [3.8, 4) is 11.5 Å². The third-order valence-electron chi connectivity index (χ3n) is 2.22. The Morgan fingerprint density at radius 2 is 2.00 bits per heavy atom. The molecule has 0 atom stereocenters. The third-order valence-corrected chi connectivity index (χ3v) is 2.22. The molecule has 3 N–H and O–H groups in total. The largest absolute Gasteiger partial charge is 0.508 e. The molecule has 1 aromatic carbocycles. The second kappa shape index (κ2) is 6.44. The molecular formula is C13H16N2O3. The van der Waals surface area contributed by atoms with Crippen LogP contribution in [-0.2, 0) is 0 Å². The number of carbonyl (C=O) groups is 1. The minimum absolute atomic E-state index is 0.146. The van der Waals surface area contributed by atoms with Gasteiger partial charge in [-0.15, -0.1) is 6.58 Å². The summed E-state index contributed by atoms with van der Waals surface area (Å²) >= 11 is 0. The number of amides is 1. The molecule has 5 heteroatoms. The van der Waals surface area contributed by atoms with E-state index in [1.54, 1.807) is 13.0 Å². The van der Waals surface area contributed by atoms with Crippen LogP contribution in [0.5, 0.6) is 11.5 Å². The van der Waals surface area contributed by atoms with Crippen molar-refractivity contribution in [1.29, 1.82) is 0 Å². The van der Waals surface area contributed by atoms with Crippen LogP contribution in [0.4, 0.5) is 0 Å². The van der Waals surface area contributed by atoms with Gasteiger partial charge in [-0.3, -0.25) is 4.79 Å². The Kier molecular flexibility index (Phi) is 4.92. The second-order valence-electron chi connectivity index (χ2n) is 3.85. The lowest BCUT2D eigenvalue weighted by Crippen LogP contribution is -2.18. The molecule has 5 nitrogen and oxygen atoms in total. The van der Waals surface area contributed by atoms with Crippen molar-refractivity contribution in [3.63, 3.8) is 0 Å². The van der Waals surface area contributed by atoms with E-state index in [0.29, 0.717) is 0 Å². The molecule has 0 aliphatic carbocycles. The number of nitrogens with one attached hydrogen (secondary N) is 1. The summed E-state index contributed by atoms with van der Waals surface area (Å²) < 4.78 is 0. The number of carbonyl (C=O) groups excluding carboxylic acids is 1. The Hall–Kier alpha value is -2.30. The van der Waals surface area contributed by atoms with E-state index in [1.165, 1.54) is 12.1 Å². The molecule has 1 aromatic rings. The van der Waals surface area contributed by atoms with Crippen molar-refractivity contribution >= 4 is 11.6 Å². The lowest BCUT2D eigenvalue weighted by atomic mass is 10.2. The van der Waals surface area contributed by atoms with Gasteiger partial charge in [0.25, 0.3) is 5.91 Å². The number of rotatable bonds is 5. The number of phenolic OH excluding ortho intramolecular Hbond substituents is 2. The normalized spacial score (nSPS) is 11.1. The zero-order valence-electron chi connectivity index (χ0n) is 10.2. The third kappa shape index (κ3) is 4.29. The maximum atomic E-state index is 11.7. The Morgan fingerprint density at radius 1 is 1.39 bits per heavy atom. The van der Waals surface area contributed by atoms with Crippen molar-refractivity contribution in [3.05, 3.63) is 36.4 Å². The fraction of sp³-hybridized carbons (Fsp3) is 0.231. The summed E-state index contributed by atoms with van der Waals surface area (Å²) in [6.45, 7) is 5.39. The molecule has 96 valence electrons. The first-order valence-electron chi connectivity index (χ1n) is 5.50. The van der Waals surface area contributed by atoms with Crippen molar-refractivity contribution in [2.75, 3.05) is 0 Å². The van der Waals surface area contributed by atoms with E-state index in [9.17, 15) is 15.0 Å². The quantitative estimate of drug-likeness (QED) is 0.424. The smallest absolute Gasteiger partial charge is 0.271 e. The Balaban J connectivity index is 2.67. The minimum Gasteiger partial charge on any atom is -0.508 e. The first kappa shape index (κ1) is 13.8. The summed E-state index contributed by atoms with van der Waals surface area (Å²) in [4.78, 5) is 11.7. The summed E-state index contributed by atoms with van der Waals surface area (Å²) in [5.74, 6) is -0.834. The van der Waals surface area contributed by atoms with Crippen molar-refractivity contribution in [2.24, 2.45) is 5.10 Å². The van der Waals surface area contributed by atoms with Gasteiger partial charge < -0.3 is 10.2 Å². The van der Waals surface area contributed by atoms with Gasteiger partial charge in [0.2, 0.25) is 0 Å². The highest BCUT2D eigenvalue weighted by molar-refractivity contribution is 5.96. The van der Waals surface area contributed by atoms with E-state index in [-0.39, 0.29) is 17.1 Å². The van der Waals surface area contributed by atoms with Gasteiger partial charge >= 0.3 is 0 Å². The summed E-state index contributed by atoms with van der Waals surface area (Å²) in [6, 6.07) is 3.66. The Morgan fingerprint density at radius 3 is 2.56 bits per heavy atom. The van der Waals surface area contributed by atoms with Crippen molar-refractivity contribution < 1.29 is 15.0 Å². The summed E-state index contributed by atoms with van der Waals surface area (Å²) in [7, 11) is 0. The van der Waals surface area contributed by atoms with Gasteiger partial charge in [0.05, 0.1) is 0 Å². The molecule has 0 aliphatic rings. The minimum atomic E-state index is -0.487. The van der Waals surface area contributed by atoms with Gasteiger partial charge in [0, 0.05) is 17.3 Å². The standard InChI is InChI=1S/C13H16N2O3/c1-3-4-5-9(2)14-15-13(18)10-6-11(16)8-12(17)7-10/h3,6-8,16-17H,1,4-5H2,2H3,(H,15,18)/b14-9-. The summed E-state index contributed by atoms with van der Waals surface area (Å²) in [5.41, 5.74) is 3.27. The number of benzene rings is 1. The molecular weight excluding hydrogens is 232 g/mol. The SMILES string of the molecule is C=CCC/C(C)=N\NC(=O)c1cc(O)cc(O)c1. The molecule has 0 fully saturated rings.